The number of nitrogens with zero attached hydrogens (tertiary/aromatic N) is 1. The lowest BCUT2D eigenvalue weighted by atomic mass is 10.1. The van der Waals surface area contributed by atoms with Gasteiger partial charge >= 0.3 is 0 Å². The molecular formula is C12H17NO2S. The molecule has 0 amide bonds. The zero-order chi connectivity index (χ0) is 11.8. The Hall–Kier alpha value is -1.00. The third-order valence-electron chi connectivity index (χ3n) is 2.10. The highest BCUT2D eigenvalue weighted by Gasteiger charge is 1.99. The lowest BCUT2D eigenvalue weighted by Gasteiger charge is -2.01. The van der Waals surface area contributed by atoms with Gasteiger partial charge in [-0.25, -0.2) is 0 Å². The number of hydrogen-bond donors (Lipinski definition) is 2. The number of aliphatic hydroxyl groups is 1. The minimum atomic E-state index is 0.215. The SMILES string of the molecule is Cc1cccc(C=NCCSCCO)c1O. The number of aromatic hydroxyl groups is 1. The van der Waals surface area contributed by atoms with Crippen LogP contribution in [0.3, 0.4) is 0 Å². The maximum absolute atomic E-state index is 9.71. The highest BCUT2D eigenvalue weighted by Crippen LogP contribution is 2.19. The van der Waals surface area contributed by atoms with Crippen LogP contribution in [0.25, 0.3) is 0 Å². The van der Waals surface area contributed by atoms with Crippen LogP contribution in [-0.4, -0.2) is 41.1 Å². The number of phenolic OH excluding ortho intramolecular Hbond substituents is 1. The second-order valence-corrected chi connectivity index (χ2v) is 4.61. The van der Waals surface area contributed by atoms with Crippen molar-refractivity contribution >= 4 is 18.0 Å². The Morgan fingerprint density at radius 1 is 1.38 bits per heavy atom. The lowest BCUT2D eigenvalue weighted by molar-refractivity contribution is 0.322. The standard InChI is InChI=1S/C12H17NO2S/c1-10-3-2-4-11(12(10)15)9-13-5-7-16-8-6-14/h2-4,9,14-15H,5-8H2,1H3. The van der Waals surface area contributed by atoms with E-state index in [1.54, 1.807) is 18.0 Å². The van der Waals surface area contributed by atoms with E-state index in [4.69, 9.17) is 5.11 Å². The Morgan fingerprint density at radius 3 is 2.94 bits per heavy atom. The van der Waals surface area contributed by atoms with Crippen LogP contribution in [0, 0.1) is 6.92 Å². The average Bonchev–Trinajstić information content (AvgIpc) is 2.29. The number of rotatable bonds is 6. The minimum absolute atomic E-state index is 0.215. The van der Waals surface area contributed by atoms with Gasteiger partial charge in [0.15, 0.2) is 0 Å². The molecule has 0 fully saturated rings. The summed E-state index contributed by atoms with van der Waals surface area (Å²) < 4.78 is 0. The molecule has 88 valence electrons. The quantitative estimate of drug-likeness (QED) is 0.588. The van der Waals surface area contributed by atoms with E-state index in [-0.39, 0.29) is 6.61 Å². The Morgan fingerprint density at radius 2 is 2.19 bits per heavy atom. The number of para-hydroxylation sites is 1. The van der Waals surface area contributed by atoms with Crippen LogP contribution in [0.5, 0.6) is 5.75 Å². The highest BCUT2D eigenvalue weighted by molar-refractivity contribution is 7.99. The Bertz CT molecular complexity index is 353. The molecule has 0 bridgehead atoms. The smallest absolute Gasteiger partial charge is 0.127 e. The van der Waals surface area contributed by atoms with E-state index >= 15 is 0 Å². The zero-order valence-electron chi connectivity index (χ0n) is 9.39. The molecule has 1 rings (SSSR count). The van der Waals surface area contributed by atoms with Crippen molar-refractivity contribution < 1.29 is 10.2 Å². The van der Waals surface area contributed by atoms with E-state index in [9.17, 15) is 5.11 Å². The van der Waals surface area contributed by atoms with Crippen molar-refractivity contribution in [3.8, 4) is 5.75 Å². The molecular weight excluding hydrogens is 222 g/mol. The molecule has 0 saturated heterocycles. The molecule has 16 heavy (non-hydrogen) atoms. The number of thioether (sulfide) groups is 1. The molecule has 4 heteroatoms. The summed E-state index contributed by atoms with van der Waals surface area (Å²) >= 11 is 1.67. The van der Waals surface area contributed by atoms with Crippen molar-refractivity contribution in [1.82, 2.24) is 0 Å². The van der Waals surface area contributed by atoms with Crippen LogP contribution in [0.15, 0.2) is 23.2 Å². The molecule has 0 aromatic heterocycles. The Balaban J connectivity index is 2.41. The molecule has 0 unspecified atom stereocenters. The third kappa shape index (κ3) is 4.24. The molecule has 3 nitrogen and oxygen atoms in total. The van der Waals surface area contributed by atoms with Gasteiger partial charge in [-0.05, 0) is 18.6 Å². The summed E-state index contributed by atoms with van der Waals surface area (Å²) in [5, 5.41) is 18.3. The number of benzene rings is 1. The summed E-state index contributed by atoms with van der Waals surface area (Å²) in [6, 6.07) is 5.60. The van der Waals surface area contributed by atoms with Crippen LogP contribution in [0.2, 0.25) is 0 Å². The fourth-order valence-corrected chi connectivity index (χ4v) is 1.80. The van der Waals surface area contributed by atoms with Crippen molar-refractivity contribution in [1.29, 1.82) is 0 Å². The molecule has 0 spiro atoms. The van der Waals surface area contributed by atoms with Crippen molar-refractivity contribution in [3.05, 3.63) is 29.3 Å². The topological polar surface area (TPSA) is 52.8 Å². The molecule has 0 radical (unpaired) electrons. The predicted octanol–water partition coefficient (Wildman–Crippen LogP) is 1.85. The molecule has 0 aliphatic rings. The summed E-state index contributed by atoms with van der Waals surface area (Å²) in [6.45, 7) is 2.79. The number of aryl methyl sites for hydroxylation is 1. The van der Waals surface area contributed by atoms with Gasteiger partial charge in [0.2, 0.25) is 0 Å². The van der Waals surface area contributed by atoms with Crippen molar-refractivity contribution in [2.24, 2.45) is 4.99 Å². The van der Waals surface area contributed by atoms with Crippen molar-refractivity contribution in [3.63, 3.8) is 0 Å². The first-order valence-electron chi connectivity index (χ1n) is 5.22. The zero-order valence-corrected chi connectivity index (χ0v) is 10.2. The number of hydrogen-bond acceptors (Lipinski definition) is 4. The molecule has 1 aromatic carbocycles. The van der Waals surface area contributed by atoms with Gasteiger partial charge in [0, 0.05) is 29.8 Å². The van der Waals surface area contributed by atoms with E-state index in [0.29, 0.717) is 12.3 Å². The van der Waals surface area contributed by atoms with E-state index in [1.165, 1.54) is 0 Å². The summed E-state index contributed by atoms with van der Waals surface area (Å²) in [7, 11) is 0. The van der Waals surface area contributed by atoms with E-state index in [0.717, 1.165) is 22.6 Å². The van der Waals surface area contributed by atoms with E-state index in [2.05, 4.69) is 4.99 Å². The van der Waals surface area contributed by atoms with Crippen LogP contribution in [0.1, 0.15) is 11.1 Å². The van der Waals surface area contributed by atoms with Gasteiger partial charge in [-0.2, -0.15) is 11.8 Å². The summed E-state index contributed by atoms with van der Waals surface area (Å²) in [5.74, 6) is 1.95. The van der Waals surface area contributed by atoms with Gasteiger partial charge < -0.3 is 10.2 Å². The Labute approximate surface area is 100 Å². The number of aliphatic imine (C=N–C) groups is 1. The third-order valence-corrected chi connectivity index (χ3v) is 3.04. The first-order chi connectivity index (χ1) is 7.75. The summed E-state index contributed by atoms with van der Waals surface area (Å²) in [4.78, 5) is 4.23. The average molecular weight is 239 g/mol. The molecule has 0 aliphatic heterocycles. The summed E-state index contributed by atoms with van der Waals surface area (Å²) in [6.07, 6.45) is 1.70. The molecule has 1 aromatic rings. The fraction of sp³-hybridized carbons (Fsp3) is 0.417. The van der Waals surface area contributed by atoms with E-state index < -0.39 is 0 Å². The first-order valence-corrected chi connectivity index (χ1v) is 6.38. The number of aliphatic hydroxyl groups excluding tert-OH is 1. The lowest BCUT2D eigenvalue weighted by Crippen LogP contribution is -1.92. The molecule has 2 N–H and O–H groups in total. The van der Waals surface area contributed by atoms with E-state index in [1.807, 2.05) is 25.1 Å². The maximum Gasteiger partial charge on any atom is 0.127 e. The number of phenols is 1. The van der Waals surface area contributed by atoms with Crippen LogP contribution < -0.4 is 0 Å². The van der Waals surface area contributed by atoms with Crippen LogP contribution in [-0.2, 0) is 0 Å². The van der Waals surface area contributed by atoms with Crippen molar-refractivity contribution in [2.75, 3.05) is 24.7 Å². The normalized spacial score (nSPS) is 11.1. The first kappa shape index (κ1) is 13.1. The van der Waals surface area contributed by atoms with Gasteiger partial charge in [-0.1, -0.05) is 12.1 Å². The molecule has 0 saturated carbocycles. The van der Waals surface area contributed by atoms with Crippen LogP contribution in [0.4, 0.5) is 0 Å². The molecule has 0 atom stereocenters. The van der Waals surface area contributed by atoms with Gasteiger partial charge in [0.1, 0.15) is 5.75 Å². The highest BCUT2D eigenvalue weighted by atomic mass is 32.2. The molecule has 0 aliphatic carbocycles. The largest absolute Gasteiger partial charge is 0.507 e. The van der Waals surface area contributed by atoms with Gasteiger partial charge in [-0.3, -0.25) is 4.99 Å². The second-order valence-electron chi connectivity index (χ2n) is 3.38. The van der Waals surface area contributed by atoms with Crippen LogP contribution >= 0.6 is 11.8 Å². The minimum Gasteiger partial charge on any atom is -0.507 e. The predicted molar refractivity (Wildman–Crippen MR) is 69.7 cm³/mol. The van der Waals surface area contributed by atoms with Gasteiger partial charge in [0.05, 0.1) is 6.61 Å². The second kappa shape index (κ2) is 7.30. The Kier molecular flexibility index (Phi) is 5.96. The fourth-order valence-electron chi connectivity index (χ4n) is 1.23. The van der Waals surface area contributed by atoms with Gasteiger partial charge in [0.25, 0.3) is 0 Å². The maximum atomic E-state index is 9.71. The molecule has 0 heterocycles. The van der Waals surface area contributed by atoms with Crippen molar-refractivity contribution in [2.45, 2.75) is 6.92 Å². The monoisotopic (exact) mass is 239 g/mol. The summed E-state index contributed by atoms with van der Waals surface area (Å²) in [5.41, 5.74) is 1.62. The van der Waals surface area contributed by atoms with Gasteiger partial charge in [-0.15, -0.1) is 0 Å².